The molecule has 0 amide bonds. The monoisotopic (exact) mass is 474 g/mol. The molecule has 0 spiro atoms. The number of pyridine rings is 1. The van der Waals surface area contributed by atoms with E-state index in [0.717, 1.165) is 11.3 Å². The second kappa shape index (κ2) is 8.33. The molecule has 5 aromatic rings. The maximum Gasteiger partial charge on any atom is 0.252 e. The first-order valence-electron chi connectivity index (χ1n) is 12.0. The molecule has 3 heteroatoms. The lowest BCUT2D eigenvalue weighted by atomic mass is 9.82. The molecule has 2 heterocycles. The Morgan fingerprint density at radius 2 is 1.63 bits per heavy atom. The maximum absolute atomic E-state index is 7.53. The minimum absolute atomic E-state index is 0.0299. The molecular weight excluding hydrogens is 444 g/mol. The fourth-order valence-electron chi connectivity index (χ4n) is 4.76. The molecule has 0 fully saturated rings. The van der Waals surface area contributed by atoms with Crippen molar-refractivity contribution in [3.8, 4) is 21.7 Å². The Balaban J connectivity index is 1.68. The Kier molecular flexibility index (Phi) is 5.54. The lowest BCUT2D eigenvalue weighted by Gasteiger charge is -2.22. The van der Waals surface area contributed by atoms with Gasteiger partial charge in [0.05, 0.1) is 10.4 Å². The van der Waals surface area contributed by atoms with E-state index >= 15 is 0 Å². The molecule has 0 N–H and O–H groups in total. The van der Waals surface area contributed by atoms with Gasteiger partial charge in [-0.05, 0) is 75.5 Å². The average molecular weight is 475 g/mol. The predicted octanol–water partition coefficient (Wildman–Crippen LogP) is 9.54. The summed E-state index contributed by atoms with van der Waals surface area (Å²) < 4.78 is 1.21. The molecule has 0 radical (unpaired) electrons. The van der Waals surface area contributed by atoms with E-state index in [1.807, 2.05) is 20.0 Å². The molecule has 0 aliphatic carbocycles. The average Bonchev–Trinajstić information content (AvgIpc) is 3.26. The summed E-state index contributed by atoms with van der Waals surface area (Å²) in [5, 5.41) is 3.77. The topological polar surface area (TPSA) is 17.2 Å². The van der Waals surface area contributed by atoms with Gasteiger partial charge in [-0.2, -0.15) is 0 Å². The smallest absolute Gasteiger partial charge is 0.252 e. The second-order valence-corrected chi connectivity index (χ2v) is 11.9. The number of aromatic nitrogens is 1. The number of fused-ring (bicyclic) bond motifs is 2. The molecule has 2 nitrogen and oxygen atoms in total. The van der Waals surface area contributed by atoms with Crippen molar-refractivity contribution < 1.29 is 0 Å². The summed E-state index contributed by atoms with van der Waals surface area (Å²) in [6.07, 6.45) is 1.92. The maximum atomic E-state index is 7.53. The van der Waals surface area contributed by atoms with Gasteiger partial charge in [-0.25, -0.2) is 6.57 Å². The molecule has 5 rings (SSSR count). The zero-order valence-electron chi connectivity index (χ0n) is 21.2. The van der Waals surface area contributed by atoms with Gasteiger partial charge in [-0.1, -0.05) is 57.2 Å². The van der Waals surface area contributed by atoms with Crippen LogP contribution in [0.5, 0.6) is 0 Å². The van der Waals surface area contributed by atoms with Gasteiger partial charge >= 0.3 is 0 Å². The van der Waals surface area contributed by atoms with Gasteiger partial charge in [0.2, 0.25) is 0 Å². The fourth-order valence-corrected chi connectivity index (χ4v) is 6.01. The van der Waals surface area contributed by atoms with Gasteiger partial charge in [0.25, 0.3) is 5.54 Å². The highest BCUT2D eigenvalue weighted by molar-refractivity contribution is 7.22. The third kappa shape index (κ3) is 4.13. The lowest BCUT2D eigenvalue weighted by molar-refractivity contribution is 0.596. The van der Waals surface area contributed by atoms with E-state index in [4.69, 9.17) is 11.6 Å². The van der Waals surface area contributed by atoms with Crippen LogP contribution in [0, 0.1) is 13.5 Å². The molecule has 0 aliphatic rings. The van der Waals surface area contributed by atoms with Crippen LogP contribution in [0.25, 0.3) is 47.4 Å². The summed E-state index contributed by atoms with van der Waals surface area (Å²) >= 11 is 1.80. The molecule has 0 saturated heterocycles. The molecule has 0 unspecified atom stereocenters. The van der Waals surface area contributed by atoms with Gasteiger partial charge < -0.3 is 4.85 Å². The molecule has 0 atom stereocenters. The number of thiophene rings is 1. The lowest BCUT2D eigenvalue weighted by Crippen LogP contribution is -2.12. The van der Waals surface area contributed by atoms with Crippen LogP contribution in [0.3, 0.4) is 0 Å². The van der Waals surface area contributed by atoms with Gasteiger partial charge in [0.15, 0.2) is 0 Å². The van der Waals surface area contributed by atoms with Crippen molar-refractivity contribution in [2.75, 3.05) is 0 Å². The quantitative estimate of drug-likeness (QED) is 0.238. The standard InChI is InChI=1S/C32H30N2S/c1-20-16-24(32(5,6)33-7)12-13-25(20)28-19-22-14-15-34-29(30(22)35-28)23-17-21-10-8-9-11-26(21)27(18-23)31(2,3)4/h8-19H,1-6H3. The normalized spacial score (nSPS) is 12.3. The Hall–Kier alpha value is -3.48. The van der Waals surface area contributed by atoms with Crippen molar-refractivity contribution in [3.63, 3.8) is 0 Å². The molecule has 0 saturated carbocycles. The summed E-state index contributed by atoms with van der Waals surface area (Å²) in [4.78, 5) is 9.91. The van der Waals surface area contributed by atoms with Crippen molar-refractivity contribution >= 4 is 32.2 Å². The van der Waals surface area contributed by atoms with Gasteiger partial charge in [-0.3, -0.25) is 4.98 Å². The SMILES string of the molecule is [C-]#[N+]C(C)(C)c1ccc(-c2cc3ccnc(-c4cc(C(C)(C)C)c5ccccc5c4)c3s2)c(C)c1. The Morgan fingerprint density at radius 3 is 2.34 bits per heavy atom. The number of nitrogens with zero attached hydrogens (tertiary/aromatic N) is 2. The van der Waals surface area contributed by atoms with E-state index in [0.29, 0.717) is 0 Å². The third-order valence-electron chi connectivity index (χ3n) is 6.85. The van der Waals surface area contributed by atoms with Crippen LogP contribution in [0.15, 0.2) is 72.9 Å². The van der Waals surface area contributed by atoms with Crippen LogP contribution in [0.4, 0.5) is 0 Å². The third-order valence-corrected chi connectivity index (χ3v) is 8.05. The zero-order chi connectivity index (χ0) is 25.0. The largest absolute Gasteiger partial charge is 0.306 e. The zero-order valence-corrected chi connectivity index (χ0v) is 22.0. The van der Waals surface area contributed by atoms with Crippen LogP contribution < -0.4 is 0 Å². The highest BCUT2D eigenvalue weighted by Crippen LogP contribution is 2.42. The molecule has 2 aromatic heterocycles. The molecule has 3 aromatic carbocycles. The minimum atomic E-state index is -0.513. The van der Waals surface area contributed by atoms with Gasteiger partial charge in [0.1, 0.15) is 0 Å². The highest BCUT2D eigenvalue weighted by atomic mass is 32.1. The number of hydrogen-bond donors (Lipinski definition) is 0. The predicted molar refractivity (Wildman–Crippen MR) is 151 cm³/mol. The van der Waals surface area contributed by atoms with Crippen molar-refractivity contribution in [1.29, 1.82) is 0 Å². The Bertz CT molecular complexity index is 1620. The second-order valence-electron chi connectivity index (χ2n) is 10.9. The molecule has 0 bridgehead atoms. The molecular formula is C32H30N2S. The van der Waals surface area contributed by atoms with Crippen molar-refractivity contribution in [3.05, 3.63) is 101 Å². The van der Waals surface area contributed by atoms with Crippen LogP contribution in [0.1, 0.15) is 51.3 Å². The summed E-state index contributed by atoms with van der Waals surface area (Å²) in [5.41, 5.74) is 6.54. The van der Waals surface area contributed by atoms with Crippen molar-refractivity contribution in [2.45, 2.75) is 52.5 Å². The van der Waals surface area contributed by atoms with Crippen LogP contribution in [-0.2, 0) is 11.0 Å². The summed E-state index contributed by atoms with van der Waals surface area (Å²) in [6, 6.07) is 24.1. The number of rotatable bonds is 3. The van der Waals surface area contributed by atoms with E-state index < -0.39 is 5.54 Å². The van der Waals surface area contributed by atoms with Crippen molar-refractivity contribution in [1.82, 2.24) is 4.98 Å². The molecule has 35 heavy (non-hydrogen) atoms. The Morgan fingerprint density at radius 1 is 0.857 bits per heavy atom. The van der Waals surface area contributed by atoms with E-state index in [2.05, 4.69) is 99.3 Å². The van der Waals surface area contributed by atoms with Crippen molar-refractivity contribution in [2.24, 2.45) is 0 Å². The van der Waals surface area contributed by atoms with Crippen LogP contribution in [0.2, 0.25) is 0 Å². The number of benzene rings is 3. The summed E-state index contributed by atoms with van der Waals surface area (Å²) in [5.74, 6) is 0. The molecule has 174 valence electrons. The first-order chi connectivity index (χ1) is 16.6. The fraction of sp³-hybridized carbons (Fsp3) is 0.250. The van der Waals surface area contributed by atoms with E-state index in [1.165, 1.54) is 48.0 Å². The van der Waals surface area contributed by atoms with E-state index in [-0.39, 0.29) is 5.41 Å². The highest BCUT2D eigenvalue weighted by Gasteiger charge is 2.26. The molecule has 0 aliphatic heterocycles. The Labute approximate surface area is 212 Å². The minimum Gasteiger partial charge on any atom is -0.306 e. The summed E-state index contributed by atoms with van der Waals surface area (Å²) in [7, 11) is 0. The first kappa shape index (κ1) is 23.3. The van der Waals surface area contributed by atoms with Gasteiger partial charge in [-0.15, -0.1) is 11.3 Å². The van der Waals surface area contributed by atoms with E-state index in [1.54, 1.807) is 11.3 Å². The number of aryl methyl sites for hydroxylation is 1. The van der Waals surface area contributed by atoms with E-state index in [9.17, 15) is 0 Å². The first-order valence-corrected chi connectivity index (χ1v) is 12.8. The van der Waals surface area contributed by atoms with Crippen LogP contribution in [-0.4, -0.2) is 4.98 Å². The van der Waals surface area contributed by atoms with Gasteiger partial charge in [0, 0.05) is 36.0 Å². The summed E-state index contributed by atoms with van der Waals surface area (Å²) in [6.45, 7) is 20.4. The van der Waals surface area contributed by atoms with Crippen LogP contribution >= 0.6 is 11.3 Å². The number of hydrogen-bond acceptors (Lipinski definition) is 2.